The first-order chi connectivity index (χ1) is 9.47. The molecule has 0 saturated heterocycles. The highest BCUT2D eigenvalue weighted by molar-refractivity contribution is 6.01. The molecular weight excluding hydrogens is 250 g/mol. The molecule has 110 valence electrons. The number of rotatable bonds is 8. The van der Waals surface area contributed by atoms with E-state index in [4.69, 9.17) is 0 Å². The van der Waals surface area contributed by atoms with Gasteiger partial charge in [0.1, 0.15) is 0 Å². The molecule has 0 amide bonds. The molecule has 0 aromatic carbocycles. The lowest BCUT2D eigenvalue weighted by molar-refractivity contribution is -0.132. The molecular formula is C17H25NO2. The van der Waals surface area contributed by atoms with Crippen LogP contribution < -0.4 is 0 Å². The van der Waals surface area contributed by atoms with Crippen LogP contribution >= 0.6 is 0 Å². The summed E-state index contributed by atoms with van der Waals surface area (Å²) in [6.45, 7) is 11.6. The number of nitrogens with zero attached hydrogens (tertiary/aromatic N) is 1. The molecule has 0 spiro atoms. The van der Waals surface area contributed by atoms with Crippen LogP contribution in [0.15, 0.2) is 53.2 Å². The summed E-state index contributed by atoms with van der Waals surface area (Å²) in [6, 6.07) is 0. The van der Waals surface area contributed by atoms with Crippen molar-refractivity contribution in [3.63, 3.8) is 0 Å². The van der Waals surface area contributed by atoms with Crippen molar-refractivity contribution in [3.05, 3.63) is 48.2 Å². The Morgan fingerprint density at radius 2 is 2.05 bits per heavy atom. The van der Waals surface area contributed by atoms with Gasteiger partial charge in [-0.05, 0) is 43.4 Å². The largest absolute Gasteiger partial charge is 0.478 e. The van der Waals surface area contributed by atoms with Crippen molar-refractivity contribution in [1.82, 2.24) is 0 Å². The van der Waals surface area contributed by atoms with Crippen LogP contribution in [0, 0.1) is 5.92 Å². The normalized spacial score (nSPS) is 15.5. The van der Waals surface area contributed by atoms with Gasteiger partial charge in [0.15, 0.2) is 0 Å². The van der Waals surface area contributed by atoms with Crippen LogP contribution in [-0.2, 0) is 4.79 Å². The molecule has 1 N–H and O–H groups in total. The van der Waals surface area contributed by atoms with Gasteiger partial charge in [-0.1, -0.05) is 39.5 Å². The second-order valence-electron chi connectivity index (χ2n) is 4.58. The summed E-state index contributed by atoms with van der Waals surface area (Å²) < 4.78 is 0. The maximum atomic E-state index is 11.2. The SMILES string of the molecule is C=C\C=C(/C=C(/C(C)=N\C=C/CC)C(C)CC)C(=O)O. The lowest BCUT2D eigenvalue weighted by Gasteiger charge is -2.14. The third-order valence-corrected chi connectivity index (χ3v) is 3.03. The van der Waals surface area contributed by atoms with Gasteiger partial charge >= 0.3 is 5.97 Å². The molecule has 1 unspecified atom stereocenters. The molecule has 3 heteroatoms. The molecule has 3 nitrogen and oxygen atoms in total. The monoisotopic (exact) mass is 275 g/mol. The van der Waals surface area contributed by atoms with Crippen LogP contribution in [-0.4, -0.2) is 16.8 Å². The Hall–Kier alpha value is -1.90. The standard InChI is InChI=1S/C17H25NO2/c1-6-9-11-18-14(5)16(13(4)8-3)12-15(10-7-2)17(19)20/h7,9-13H,2,6,8H2,1,3-5H3,(H,19,20)/b11-9-,15-10+,16-12+,18-14-. The Bertz CT molecular complexity index is 454. The summed E-state index contributed by atoms with van der Waals surface area (Å²) in [4.78, 5) is 15.6. The van der Waals surface area contributed by atoms with Gasteiger partial charge in [-0.25, -0.2) is 4.79 Å². The second kappa shape index (κ2) is 9.96. The lowest BCUT2D eigenvalue weighted by atomic mass is 9.92. The van der Waals surface area contributed by atoms with Gasteiger partial charge < -0.3 is 5.11 Å². The van der Waals surface area contributed by atoms with E-state index in [1.807, 2.05) is 19.9 Å². The van der Waals surface area contributed by atoms with Crippen LogP contribution in [0.1, 0.15) is 40.5 Å². The van der Waals surface area contributed by atoms with E-state index in [9.17, 15) is 9.90 Å². The van der Waals surface area contributed by atoms with Gasteiger partial charge in [-0.3, -0.25) is 4.99 Å². The summed E-state index contributed by atoms with van der Waals surface area (Å²) >= 11 is 0. The molecule has 0 aliphatic heterocycles. The fourth-order valence-electron chi connectivity index (χ4n) is 1.64. The topological polar surface area (TPSA) is 49.7 Å². The first-order valence-electron chi connectivity index (χ1n) is 6.95. The molecule has 20 heavy (non-hydrogen) atoms. The fraction of sp³-hybridized carbons (Fsp3) is 0.412. The molecule has 0 bridgehead atoms. The summed E-state index contributed by atoms with van der Waals surface area (Å²) in [6.07, 6.45) is 10.3. The Balaban J connectivity index is 5.61. The second-order valence-corrected chi connectivity index (χ2v) is 4.58. The summed E-state index contributed by atoms with van der Waals surface area (Å²) in [5, 5.41) is 9.19. The first kappa shape index (κ1) is 18.1. The molecule has 0 radical (unpaired) electrons. The molecule has 0 aliphatic rings. The van der Waals surface area contributed by atoms with Gasteiger partial charge in [0, 0.05) is 11.9 Å². The van der Waals surface area contributed by atoms with Crippen LogP contribution in [0.2, 0.25) is 0 Å². The zero-order valence-corrected chi connectivity index (χ0v) is 12.9. The number of carboxylic acids is 1. The molecule has 0 heterocycles. The van der Waals surface area contributed by atoms with Crippen molar-refractivity contribution in [1.29, 1.82) is 0 Å². The molecule has 0 aromatic rings. The Kier molecular flexibility index (Phi) is 9.01. The molecule has 0 aliphatic carbocycles. The van der Waals surface area contributed by atoms with Crippen molar-refractivity contribution >= 4 is 11.7 Å². The minimum absolute atomic E-state index is 0.226. The highest BCUT2D eigenvalue weighted by atomic mass is 16.4. The summed E-state index contributed by atoms with van der Waals surface area (Å²) in [7, 11) is 0. The highest BCUT2D eigenvalue weighted by Gasteiger charge is 2.13. The zero-order valence-electron chi connectivity index (χ0n) is 12.9. The maximum absolute atomic E-state index is 11.2. The quantitative estimate of drug-likeness (QED) is 0.401. The number of carbonyl (C=O) groups is 1. The van der Waals surface area contributed by atoms with Crippen molar-refractivity contribution in [2.24, 2.45) is 10.9 Å². The van der Waals surface area contributed by atoms with Crippen LogP contribution in [0.4, 0.5) is 0 Å². The predicted molar refractivity (Wildman–Crippen MR) is 86.0 cm³/mol. The van der Waals surface area contributed by atoms with E-state index in [0.717, 1.165) is 24.1 Å². The van der Waals surface area contributed by atoms with Gasteiger partial charge in [-0.2, -0.15) is 0 Å². The number of aliphatic carboxylic acids is 1. The number of aliphatic imine (C=N–C) groups is 1. The Morgan fingerprint density at radius 3 is 2.50 bits per heavy atom. The highest BCUT2D eigenvalue weighted by Crippen LogP contribution is 2.19. The molecule has 0 saturated carbocycles. The van der Waals surface area contributed by atoms with Crippen LogP contribution in [0.25, 0.3) is 0 Å². The number of carboxylic acid groups (broad SMARTS) is 1. The van der Waals surface area contributed by atoms with E-state index in [1.54, 1.807) is 12.3 Å². The smallest absolute Gasteiger partial charge is 0.335 e. The van der Waals surface area contributed by atoms with Gasteiger partial charge in [0.25, 0.3) is 0 Å². The van der Waals surface area contributed by atoms with E-state index >= 15 is 0 Å². The number of hydrogen-bond acceptors (Lipinski definition) is 2. The molecule has 0 fully saturated rings. The van der Waals surface area contributed by atoms with E-state index in [1.165, 1.54) is 12.2 Å². The minimum atomic E-state index is -0.956. The fourth-order valence-corrected chi connectivity index (χ4v) is 1.64. The average molecular weight is 275 g/mol. The first-order valence-corrected chi connectivity index (χ1v) is 6.95. The van der Waals surface area contributed by atoms with Crippen LogP contribution in [0.5, 0.6) is 0 Å². The van der Waals surface area contributed by atoms with Crippen molar-refractivity contribution in [3.8, 4) is 0 Å². The zero-order chi connectivity index (χ0) is 15.5. The third kappa shape index (κ3) is 6.32. The average Bonchev–Trinajstić information content (AvgIpc) is 2.42. The Morgan fingerprint density at radius 1 is 1.40 bits per heavy atom. The maximum Gasteiger partial charge on any atom is 0.335 e. The van der Waals surface area contributed by atoms with Crippen LogP contribution in [0.3, 0.4) is 0 Å². The number of hydrogen-bond donors (Lipinski definition) is 1. The van der Waals surface area contributed by atoms with E-state index in [0.29, 0.717) is 0 Å². The van der Waals surface area contributed by atoms with E-state index < -0.39 is 5.97 Å². The van der Waals surface area contributed by atoms with Gasteiger partial charge in [-0.15, -0.1) is 0 Å². The van der Waals surface area contributed by atoms with E-state index in [2.05, 4.69) is 25.4 Å². The number of allylic oxidation sites excluding steroid dienone is 4. The molecule has 1 atom stereocenters. The predicted octanol–water partition coefficient (Wildman–Crippen LogP) is 4.54. The van der Waals surface area contributed by atoms with Gasteiger partial charge in [0.2, 0.25) is 0 Å². The summed E-state index contributed by atoms with van der Waals surface area (Å²) in [5.41, 5.74) is 2.02. The molecule has 0 rings (SSSR count). The van der Waals surface area contributed by atoms with Crippen molar-refractivity contribution in [2.45, 2.75) is 40.5 Å². The van der Waals surface area contributed by atoms with Crippen molar-refractivity contribution in [2.75, 3.05) is 0 Å². The third-order valence-electron chi connectivity index (χ3n) is 3.03. The Labute approximate surface area is 122 Å². The summed E-state index contributed by atoms with van der Waals surface area (Å²) in [5.74, 6) is -0.705. The molecule has 0 aromatic heterocycles. The van der Waals surface area contributed by atoms with Crippen molar-refractivity contribution < 1.29 is 9.90 Å². The minimum Gasteiger partial charge on any atom is -0.478 e. The lowest BCUT2D eigenvalue weighted by Crippen LogP contribution is -2.09. The van der Waals surface area contributed by atoms with Gasteiger partial charge in [0.05, 0.1) is 5.57 Å². The van der Waals surface area contributed by atoms with E-state index in [-0.39, 0.29) is 11.5 Å².